The van der Waals surface area contributed by atoms with Crippen LogP contribution in [0.4, 0.5) is 5.69 Å². The summed E-state index contributed by atoms with van der Waals surface area (Å²) in [5, 5.41) is 9.70. The van der Waals surface area contributed by atoms with E-state index in [1.165, 1.54) is 24.3 Å². The van der Waals surface area contributed by atoms with Gasteiger partial charge in [0.1, 0.15) is 5.75 Å². The summed E-state index contributed by atoms with van der Waals surface area (Å²) in [5.74, 6) is -0.450. The molecule has 0 aromatic heterocycles. The van der Waals surface area contributed by atoms with Crippen molar-refractivity contribution in [2.45, 2.75) is 24.2 Å². The molecule has 0 bridgehead atoms. The van der Waals surface area contributed by atoms with Crippen LogP contribution in [0.3, 0.4) is 0 Å². The van der Waals surface area contributed by atoms with Crippen molar-refractivity contribution < 1.29 is 23.1 Å². The SMILES string of the molecule is O=C1CCC(=O)N1c1ccc(S(=O)(=O)NCCc2ccccc2O)cc1. The Hall–Kier alpha value is -2.71. The van der Waals surface area contributed by atoms with Crippen molar-refractivity contribution in [1.82, 2.24) is 4.72 Å². The summed E-state index contributed by atoms with van der Waals surface area (Å²) in [6, 6.07) is 12.3. The van der Waals surface area contributed by atoms with Gasteiger partial charge < -0.3 is 5.11 Å². The number of hydrogen-bond donors (Lipinski definition) is 2. The lowest BCUT2D eigenvalue weighted by molar-refractivity contribution is -0.121. The lowest BCUT2D eigenvalue weighted by Gasteiger charge is -2.14. The van der Waals surface area contributed by atoms with E-state index >= 15 is 0 Å². The van der Waals surface area contributed by atoms with E-state index in [0.29, 0.717) is 17.7 Å². The molecular formula is C18H18N2O5S. The molecule has 7 nitrogen and oxygen atoms in total. The third-order valence-electron chi connectivity index (χ3n) is 4.13. The van der Waals surface area contributed by atoms with Gasteiger partial charge in [-0.15, -0.1) is 0 Å². The lowest BCUT2D eigenvalue weighted by atomic mass is 10.1. The van der Waals surface area contributed by atoms with E-state index in [2.05, 4.69) is 4.72 Å². The van der Waals surface area contributed by atoms with Crippen LogP contribution in [0.5, 0.6) is 5.75 Å². The number of benzene rings is 2. The molecule has 0 aliphatic carbocycles. The number of anilines is 1. The van der Waals surface area contributed by atoms with Gasteiger partial charge in [-0.1, -0.05) is 18.2 Å². The van der Waals surface area contributed by atoms with Crippen molar-refractivity contribution in [3.8, 4) is 5.75 Å². The Balaban J connectivity index is 1.67. The third kappa shape index (κ3) is 3.76. The van der Waals surface area contributed by atoms with Gasteiger partial charge in [0.25, 0.3) is 0 Å². The first kappa shape index (κ1) is 18.1. The molecule has 8 heteroatoms. The molecule has 1 aliphatic heterocycles. The number of imide groups is 1. The fraction of sp³-hybridized carbons (Fsp3) is 0.222. The largest absolute Gasteiger partial charge is 0.508 e. The van der Waals surface area contributed by atoms with Crippen molar-refractivity contribution in [3.05, 3.63) is 54.1 Å². The van der Waals surface area contributed by atoms with Gasteiger partial charge in [0, 0.05) is 19.4 Å². The number of phenolic OH excluding ortho intramolecular Hbond substituents is 1. The van der Waals surface area contributed by atoms with Crippen LogP contribution in [-0.2, 0) is 26.0 Å². The zero-order valence-corrected chi connectivity index (χ0v) is 14.7. The highest BCUT2D eigenvalue weighted by atomic mass is 32.2. The van der Waals surface area contributed by atoms with E-state index in [4.69, 9.17) is 0 Å². The normalized spacial score (nSPS) is 14.8. The summed E-state index contributed by atoms with van der Waals surface area (Å²) in [4.78, 5) is 24.6. The van der Waals surface area contributed by atoms with Gasteiger partial charge in [0.15, 0.2) is 0 Å². The molecule has 1 fully saturated rings. The first-order valence-electron chi connectivity index (χ1n) is 8.11. The molecular weight excluding hydrogens is 356 g/mol. The van der Waals surface area contributed by atoms with E-state index in [0.717, 1.165) is 4.90 Å². The number of amides is 2. The van der Waals surface area contributed by atoms with Crippen LogP contribution in [0, 0.1) is 0 Å². The minimum atomic E-state index is -3.73. The molecule has 1 heterocycles. The van der Waals surface area contributed by atoms with Gasteiger partial charge in [-0.25, -0.2) is 13.1 Å². The number of nitrogens with one attached hydrogen (secondary N) is 1. The molecule has 1 saturated heterocycles. The van der Waals surface area contributed by atoms with E-state index in [-0.39, 0.29) is 41.8 Å². The number of phenols is 1. The quantitative estimate of drug-likeness (QED) is 0.747. The molecule has 1 aliphatic rings. The average molecular weight is 374 g/mol. The number of sulfonamides is 1. The minimum Gasteiger partial charge on any atom is -0.508 e. The number of hydrogen-bond acceptors (Lipinski definition) is 5. The number of rotatable bonds is 6. The van der Waals surface area contributed by atoms with E-state index in [1.54, 1.807) is 24.3 Å². The monoisotopic (exact) mass is 374 g/mol. The van der Waals surface area contributed by atoms with Crippen molar-refractivity contribution in [1.29, 1.82) is 0 Å². The first-order valence-corrected chi connectivity index (χ1v) is 9.59. The standard InChI is InChI=1S/C18H18N2O5S/c21-16-4-2-1-3-13(16)11-12-19-26(24,25)15-7-5-14(6-8-15)20-17(22)9-10-18(20)23/h1-8,19,21H,9-12H2. The lowest BCUT2D eigenvalue weighted by Crippen LogP contribution is -2.29. The molecule has 0 radical (unpaired) electrons. The molecule has 136 valence electrons. The van der Waals surface area contributed by atoms with Crippen LogP contribution in [0.2, 0.25) is 0 Å². The maximum absolute atomic E-state index is 12.3. The fourth-order valence-electron chi connectivity index (χ4n) is 2.76. The highest BCUT2D eigenvalue weighted by Gasteiger charge is 2.30. The van der Waals surface area contributed by atoms with Gasteiger partial charge in [0.05, 0.1) is 10.6 Å². The van der Waals surface area contributed by atoms with Gasteiger partial charge in [-0.2, -0.15) is 0 Å². The molecule has 2 N–H and O–H groups in total. The average Bonchev–Trinajstić information content (AvgIpc) is 2.95. The summed E-state index contributed by atoms with van der Waals surface area (Å²) >= 11 is 0. The molecule has 26 heavy (non-hydrogen) atoms. The second-order valence-electron chi connectivity index (χ2n) is 5.89. The third-order valence-corrected chi connectivity index (χ3v) is 5.61. The molecule has 0 saturated carbocycles. The maximum Gasteiger partial charge on any atom is 0.240 e. The highest BCUT2D eigenvalue weighted by Crippen LogP contribution is 2.24. The predicted molar refractivity (Wildman–Crippen MR) is 95.2 cm³/mol. The van der Waals surface area contributed by atoms with Crippen molar-refractivity contribution in [3.63, 3.8) is 0 Å². The topological polar surface area (TPSA) is 104 Å². The van der Waals surface area contributed by atoms with E-state index in [9.17, 15) is 23.1 Å². The van der Waals surface area contributed by atoms with Gasteiger partial charge >= 0.3 is 0 Å². The number of para-hydroxylation sites is 1. The summed E-state index contributed by atoms with van der Waals surface area (Å²) in [5.41, 5.74) is 1.02. The van der Waals surface area contributed by atoms with Crippen LogP contribution in [0.15, 0.2) is 53.4 Å². The molecule has 3 rings (SSSR count). The number of carbonyl (C=O) groups excluding carboxylic acids is 2. The second kappa shape index (κ2) is 7.27. The van der Waals surface area contributed by atoms with Crippen LogP contribution in [0.25, 0.3) is 0 Å². The van der Waals surface area contributed by atoms with Gasteiger partial charge in [-0.05, 0) is 42.3 Å². The summed E-state index contributed by atoms with van der Waals surface area (Å²) < 4.78 is 27.2. The molecule has 0 atom stereocenters. The Bertz CT molecular complexity index is 922. The summed E-state index contributed by atoms with van der Waals surface area (Å²) in [6.07, 6.45) is 0.695. The Labute approximate surface area is 151 Å². The van der Waals surface area contributed by atoms with E-state index in [1.807, 2.05) is 0 Å². The van der Waals surface area contributed by atoms with Crippen LogP contribution < -0.4 is 9.62 Å². The van der Waals surface area contributed by atoms with Gasteiger partial charge in [0.2, 0.25) is 21.8 Å². The Morgan fingerprint density at radius 1 is 0.962 bits per heavy atom. The van der Waals surface area contributed by atoms with Crippen molar-refractivity contribution >= 4 is 27.5 Å². The van der Waals surface area contributed by atoms with Crippen LogP contribution >= 0.6 is 0 Å². The van der Waals surface area contributed by atoms with Crippen LogP contribution in [0.1, 0.15) is 18.4 Å². The van der Waals surface area contributed by atoms with Crippen molar-refractivity contribution in [2.75, 3.05) is 11.4 Å². The van der Waals surface area contributed by atoms with Crippen LogP contribution in [-0.4, -0.2) is 31.9 Å². The number of nitrogens with zero attached hydrogens (tertiary/aromatic N) is 1. The molecule has 2 amide bonds. The number of carbonyl (C=O) groups is 2. The zero-order chi connectivity index (χ0) is 18.7. The molecule has 2 aromatic carbocycles. The Morgan fingerprint density at radius 3 is 2.19 bits per heavy atom. The maximum atomic E-state index is 12.3. The fourth-order valence-corrected chi connectivity index (χ4v) is 3.80. The number of aromatic hydroxyl groups is 1. The van der Waals surface area contributed by atoms with E-state index < -0.39 is 10.0 Å². The molecule has 0 unspecified atom stereocenters. The first-order chi connectivity index (χ1) is 12.4. The molecule has 2 aromatic rings. The molecule has 0 spiro atoms. The smallest absolute Gasteiger partial charge is 0.240 e. The Morgan fingerprint density at radius 2 is 1.58 bits per heavy atom. The minimum absolute atomic E-state index is 0.0395. The summed E-state index contributed by atoms with van der Waals surface area (Å²) in [6.45, 7) is 0.130. The Kier molecular flexibility index (Phi) is 5.06. The highest BCUT2D eigenvalue weighted by molar-refractivity contribution is 7.89. The van der Waals surface area contributed by atoms with Crippen molar-refractivity contribution in [2.24, 2.45) is 0 Å². The summed E-state index contributed by atoms with van der Waals surface area (Å²) in [7, 11) is -3.73. The predicted octanol–water partition coefficient (Wildman–Crippen LogP) is 1.57. The zero-order valence-electron chi connectivity index (χ0n) is 13.9. The second-order valence-corrected chi connectivity index (χ2v) is 7.66. The van der Waals surface area contributed by atoms with Gasteiger partial charge in [-0.3, -0.25) is 14.5 Å².